The molecule has 0 aromatic rings. The third-order valence-electron chi connectivity index (χ3n) is 4.11. The summed E-state index contributed by atoms with van der Waals surface area (Å²) in [5.74, 6) is 0. The van der Waals surface area contributed by atoms with Crippen LogP contribution >= 0.6 is 7.26 Å². The topological polar surface area (TPSA) is 40.5 Å². The number of hydrogen-bond donors (Lipinski definition) is 2. The zero-order valence-corrected chi connectivity index (χ0v) is 14.3. The molecule has 0 aliphatic heterocycles. The molecule has 0 aliphatic carbocycles. The minimum absolute atomic E-state index is 0.0741. The van der Waals surface area contributed by atoms with E-state index in [0.717, 1.165) is 6.42 Å². The fraction of sp³-hybridized carbons (Fsp3) is 1.00. The minimum Gasteiger partial charge on any atom is -0.394 e. The van der Waals surface area contributed by atoms with Gasteiger partial charge in [-0.25, -0.2) is 0 Å². The van der Waals surface area contributed by atoms with Gasteiger partial charge in [0, 0.05) is 13.7 Å². The van der Waals surface area contributed by atoms with Crippen LogP contribution in [-0.4, -0.2) is 47.6 Å². The van der Waals surface area contributed by atoms with E-state index < -0.39 is 13.4 Å². The van der Waals surface area contributed by atoms with Gasteiger partial charge in [-0.05, 0) is 19.3 Å². The van der Waals surface area contributed by atoms with Crippen LogP contribution in [-0.2, 0) is 0 Å². The molecule has 0 radical (unpaired) electrons. The van der Waals surface area contributed by atoms with Crippen LogP contribution in [0.2, 0.25) is 0 Å². The van der Waals surface area contributed by atoms with Crippen molar-refractivity contribution in [2.24, 2.45) is 0 Å². The quantitative estimate of drug-likeness (QED) is 0.500. The Balaban J connectivity index is 4.56. The van der Waals surface area contributed by atoms with E-state index in [0.29, 0.717) is 0 Å². The van der Waals surface area contributed by atoms with Gasteiger partial charge in [0.25, 0.3) is 0 Å². The summed E-state index contributed by atoms with van der Waals surface area (Å²) in [6, 6.07) is 0. The number of rotatable bonds is 13. The molecule has 1 unspecified atom stereocenters. The highest BCUT2D eigenvalue weighted by Gasteiger charge is 2.35. The Labute approximate surface area is 121 Å². The van der Waals surface area contributed by atoms with Crippen LogP contribution in [0.4, 0.5) is 0 Å². The molecule has 0 aromatic carbocycles. The highest BCUT2D eigenvalue weighted by atomic mass is 31.2. The average Bonchev–Trinajstić information content (AvgIpc) is 2.45. The van der Waals surface area contributed by atoms with Gasteiger partial charge in [0.15, 0.2) is 0 Å². The Morgan fingerprint density at radius 2 is 1.21 bits per heavy atom. The molecule has 19 heavy (non-hydrogen) atoms. The van der Waals surface area contributed by atoms with Gasteiger partial charge in [-0.15, -0.1) is 0 Å². The lowest BCUT2D eigenvalue weighted by Crippen LogP contribution is -2.19. The van der Waals surface area contributed by atoms with Gasteiger partial charge in [-0.3, -0.25) is 0 Å². The highest BCUT2D eigenvalue weighted by molar-refractivity contribution is 7.75. The van der Waals surface area contributed by atoms with Crippen LogP contribution in [0.5, 0.6) is 0 Å². The second-order valence-corrected chi connectivity index (χ2v) is 10.4. The molecule has 0 rings (SSSR count). The Morgan fingerprint density at radius 1 is 0.789 bits per heavy atom. The van der Waals surface area contributed by atoms with Crippen molar-refractivity contribution in [3.05, 3.63) is 0 Å². The van der Waals surface area contributed by atoms with E-state index in [1.807, 2.05) is 0 Å². The van der Waals surface area contributed by atoms with Crippen molar-refractivity contribution in [3.63, 3.8) is 0 Å². The monoisotopic (exact) mass is 291 g/mol. The molecule has 0 fully saturated rings. The third kappa shape index (κ3) is 9.00. The number of hydrogen-bond acceptors (Lipinski definition) is 2. The van der Waals surface area contributed by atoms with E-state index in [1.54, 1.807) is 0 Å². The lowest BCUT2D eigenvalue weighted by molar-refractivity contribution is 0.0929. The summed E-state index contributed by atoms with van der Waals surface area (Å²) in [6.07, 6.45) is 13.6. The van der Waals surface area contributed by atoms with E-state index in [-0.39, 0.29) is 6.61 Å². The van der Waals surface area contributed by atoms with Crippen LogP contribution in [0.15, 0.2) is 0 Å². The van der Waals surface area contributed by atoms with Gasteiger partial charge >= 0.3 is 0 Å². The van der Waals surface area contributed by atoms with Gasteiger partial charge in [-0.2, -0.15) is 0 Å². The van der Waals surface area contributed by atoms with Crippen molar-refractivity contribution in [1.82, 2.24) is 0 Å². The molecule has 1 atom stereocenters. The molecule has 2 N–H and O–H groups in total. The molecule has 2 nitrogen and oxygen atoms in total. The summed E-state index contributed by atoms with van der Waals surface area (Å²) in [4.78, 5) is 0. The summed E-state index contributed by atoms with van der Waals surface area (Å²) < 4.78 is 0. The first-order chi connectivity index (χ1) is 9.14. The molecule has 116 valence electrons. The Kier molecular flexibility index (Phi) is 12.3. The van der Waals surface area contributed by atoms with Crippen molar-refractivity contribution in [2.45, 2.75) is 71.8 Å². The van der Waals surface area contributed by atoms with Crippen molar-refractivity contribution in [3.8, 4) is 0 Å². The van der Waals surface area contributed by atoms with Crippen LogP contribution in [0.3, 0.4) is 0 Å². The average molecular weight is 291 g/mol. The third-order valence-corrected chi connectivity index (χ3v) is 9.11. The number of aliphatic hydroxyl groups is 2. The van der Waals surface area contributed by atoms with Crippen LogP contribution < -0.4 is 0 Å². The van der Waals surface area contributed by atoms with E-state index >= 15 is 0 Å². The summed E-state index contributed by atoms with van der Waals surface area (Å²) in [7, 11) is -0.884. The first-order valence-electron chi connectivity index (χ1n) is 8.28. The van der Waals surface area contributed by atoms with Crippen LogP contribution in [0, 0.1) is 0 Å². The normalized spacial score (nSPS) is 13.7. The highest BCUT2D eigenvalue weighted by Crippen LogP contribution is 2.61. The van der Waals surface area contributed by atoms with Crippen molar-refractivity contribution in [2.75, 3.05) is 31.3 Å². The second kappa shape index (κ2) is 12.1. The van der Waals surface area contributed by atoms with E-state index in [4.69, 9.17) is 5.11 Å². The predicted octanol–water partition coefficient (Wildman–Crippen LogP) is 4.15. The maximum absolute atomic E-state index is 9.67. The lowest BCUT2D eigenvalue weighted by Gasteiger charge is -2.28. The van der Waals surface area contributed by atoms with E-state index in [1.165, 1.54) is 63.2 Å². The van der Waals surface area contributed by atoms with Crippen molar-refractivity contribution in [1.29, 1.82) is 0 Å². The summed E-state index contributed by atoms with van der Waals surface area (Å²) >= 11 is 0. The van der Waals surface area contributed by atoms with Crippen LogP contribution in [0.25, 0.3) is 0 Å². The molecule has 0 saturated heterocycles. The van der Waals surface area contributed by atoms with Gasteiger partial charge in [0.05, 0.1) is 37.4 Å². The second-order valence-electron chi connectivity index (χ2n) is 5.92. The first-order valence-corrected chi connectivity index (χ1v) is 10.8. The fourth-order valence-electron chi connectivity index (χ4n) is 2.67. The molecule has 3 heteroatoms. The Hall–Kier alpha value is 0.350. The smallest absolute Gasteiger partial charge is 0.0805 e. The van der Waals surface area contributed by atoms with Crippen LogP contribution in [0.1, 0.15) is 65.7 Å². The zero-order valence-electron chi connectivity index (χ0n) is 13.4. The Morgan fingerprint density at radius 3 is 1.53 bits per heavy atom. The molecule has 0 aliphatic rings. The summed E-state index contributed by atoms with van der Waals surface area (Å²) in [5, 5.41) is 18.7. The van der Waals surface area contributed by atoms with Gasteiger partial charge < -0.3 is 10.2 Å². The largest absolute Gasteiger partial charge is 0.394 e. The molecule has 0 saturated carbocycles. The molecule has 0 spiro atoms. The Bertz CT molecular complexity index is 175. The fourth-order valence-corrected chi connectivity index (χ4v) is 7.81. The van der Waals surface area contributed by atoms with E-state index in [9.17, 15) is 5.11 Å². The zero-order chi connectivity index (χ0) is 14.6. The van der Waals surface area contributed by atoms with Gasteiger partial charge in [0.2, 0.25) is 0 Å². The molecular formula is C16H36O2P+. The van der Waals surface area contributed by atoms with Crippen molar-refractivity contribution >= 4 is 7.26 Å². The predicted molar refractivity (Wildman–Crippen MR) is 88.8 cm³/mol. The number of aliphatic hydroxyl groups excluding tert-OH is 2. The molecule has 0 heterocycles. The lowest BCUT2D eigenvalue weighted by atomic mass is 10.3. The molecule has 0 aromatic heterocycles. The van der Waals surface area contributed by atoms with Gasteiger partial charge in [-0.1, -0.05) is 40.0 Å². The SMILES string of the molecule is CCCC[P+](CCCC)(CCCC)CCC(O)CO. The van der Waals surface area contributed by atoms with Crippen molar-refractivity contribution < 1.29 is 10.2 Å². The van der Waals surface area contributed by atoms with E-state index in [2.05, 4.69) is 20.8 Å². The number of unbranched alkanes of at least 4 members (excludes halogenated alkanes) is 3. The molecule has 0 amide bonds. The standard InChI is InChI=1S/C16H36O2P/c1-4-7-11-19(12-8-5-2,13-9-6-3)14-10-16(18)15-17/h16-18H,4-15H2,1-3H3/q+1. The van der Waals surface area contributed by atoms with Gasteiger partial charge in [0.1, 0.15) is 0 Å². The summed E-state index contributed by atoms with van der Waals surface area (Å²) in [6.45, 7) is 6.75. The maximum atomic E-state index is 9.67. The minimum atomic E-state index is -0.884. The first kappa shape index (κ1) is 19.4. The molecular weight excluding hydrogens is 255 g/mol. The molecule has 0 bridgehead atoms. The summed E-state index contributed by atoms with van der Waals surface area (Å²) in [5.41, 5.74) is 0. The maximum Gasteiger partial charge on any atom is 0.0805 e.